The van der Waals surface area contributed by atoms with Crippen LogP contribution in [0.5, 0.6) is 0 Å². The number of urea groups is 1. The Balaban J connectivity index is 2.28. The zero-order chi connectivity index (χ0) is 14.9. The second-order valence-electron chi connectivity index (χ2n) is 6.16. The van der Waals surface area contributed by atoms with Crippen molar-refractivity contribution in [2.24, 2.45) is 0 Å². The highest BCUT2D eigenvalue weighted by atomic mass is 28.3. The fourth-order valence-electron chi connectivity index (χ4n) is 2.61. The summed E-state index contributed by atoms with van der Waals surface area (Å²) in [6, 6.07) is 9.40. The van der Waals surface area contributed by atoms with Gasteiger partial charge in [-0.1, -0.05) is 56.9 Å². The second-order valence-corrected chi connectivity index (χ2v) is 11.0. The van der Waals surface area contributed by atoms with Gasteiger partial charge in [0.25, 0.3) is 0 Å². The second kappa shape index (κ2) is 5.40. The fraction of sp³-hybridized carbons (Fsp3) is 0.467. The van der Waals surface area contributed by atoms with Crippen LogP contribution in [0.1, 0.15) is 18.9 Å². The van der Waals surface area contributed by atoms with Crippen LogP contribution in [0.15, 0.2) is 30.3 Å². The molecule has 0 radical (unpaired) electrons. The monoisotopic (exact) mass is 290 g/mol. The van der Waals surface area contributed by atoms with E-state index in [0.29, 0.717) is 13.0 Å². The Morgan fingerprint density at radius 3 is 2.20 bits per heavy atom. The molecule has 0 N–H and O–H groups in total. The minimum atomic E-state index is -1.97. The van der Waals surface area contributed by atoms with Gasteiger partial charge in [-0.2, -0.15) is 0 Å². The Bertz CT molecular complexity index is 510. The average molecular weight is 290 g/mol. The van der Waals surface area contributed by atoms with E-state index in [2.05, 4.69) is 0 Å². The van der Waals surface area contributed by atoms with Gasteiger partial charge in [0.2, 0.25) is 5.91 Å². The highest BCUT2D eigenvalue weighted by Crippen LogP contribution is 2.27. The van der Waals surface area contributed by atoms with E-state index in [0.717, 1.165) is 5.56 Å². The first kappa shape index (κ1) is 14.8. The van der Waals surface area contributed by atoms with E-state index < -0.39 is 8.24 Å². The summed E-state index contributed by atoms with van der Waals surface area (Å²) >= 11 is 0. The largest absolute Gasteiger partial charge is 0.319 e. The Hall–Kier alpha value is -1.62. The number of imide groups is 1. The summed E-state index contributed by atoms with van der Waals surface area (Å²) in [4.78, 5) is 26.8. The van der Waals surface area contributed by atoms with Crippen LogP contribution in [0.2, 0.25) is 19.6 Å². The number of carbonyl (C=O) groups is 2. The molecule has 1 unspecified atom stereocenters. The molecule has 0 aliphatic carbocycles. The third kappa shape index (κ3) is 2.63. The molecule has 20 heavy (non-hydrogen) atoms. The van der Waals surface area contributed by atoms with Crippen LogP contribution in [0.25, 0.3) is 0 Å². The molecule has 0 bridgehead atoms. The van der Waals surface area contributed by atoms with Crippen molar-refractivity contribution in [2.75, 3.05) is 0 Å². The molecule has 0 aromatic heterocycles. The van der Waals surface area contributed by atoms with E-state index in [1.165, 1.54) is 4.57 Å². The summed E-state index contributed by atoms with van der Waals surface area (Å²) < 4.78 is 1.53. The highest BCUT2D eigenvalue weighted by Gasteiger charge is 2.48. The molecule has 1 atom stereocenters. The summed E-state index contributed by atoms with van der Waals surface area (Å²) in [6.07, 6.45) is 0.665. The molecule has 1 aliphatic heterocycles. The SMILES string of the molecule is CCC1C(=O)N([Si](C)(C)C)C(=O)N1Cc1ccccc1. The lowest BCUT2D eigenvalue weighted by molar-refractivity contribution is -0.125. The summed E-state index contributed by atoms with van der Waals surface area (Å²) in [7, 11) is -1.97. The van der Waals surface area contributed by atoms with Crippen LogP contribution in [-0.4, -0.2) is 35.7 Å². The van der Waals surface area contributed by atoms with Crippen molar-refractivity contribution >= 4 is 20.2 Å². The van der Waals surface area contributed by atoms with Crippen molar-refractivity contribution in [2.45, 2.75) is 45.6 Å². The predicted octanol–water partition coefficient (Wildman–Crippen LogP) is 3.06. The number of rotatable bonds is 4. The molecule has 5 heteroatoms. The molecule has 1 heterocycles. The Morgan fingerprint density at radius 1 is 1.10 bits per heavy atom. The van der Waals surface area contributed by atoms with Crippen molar-refractivity contribution in [1.82, 2.24) is 9.47 Å². The van der Waals surface area contributed by atoms with Crippen LogP contribution >= 0.6 is 0 Å². The first-order valence-corrected chi connectivity index (χ1v) is 10.5. The van der Waals surface area contributed by atoms with E-state index >= 15 is 0 Å². The first-order chi connectivity index (χ1) is 9.36. The van der Waals surface area contributed by atoms with Crippen LogP contribution < -0.4 is 0 Å². The molecule has 3 amide bonds. The number of hydrogen-bond acceptors (Lipinski definition) is 2. The lowest BCUT2D eigenvalue weighted by Crippen LogP contribution is -2.50. The minimum Gasteiger partial charge on any atom is -0.309 e. The van der Waals surface area contributed by atoms with Crippen molar-refractivity contribution in [1.29, 1.82) is 0 Å². The maximum atomic E-state index is 12.6. The molecule has 108 valence electrons. The number of hydrogen-bond donors (Lipinski definition) is 0. The predicted molar refractivity (Wildman–Crippen MR) is 81.7 cm³/mol. The Morgan fingerprint density at radius 2 is 1.70 bits per heavy atom. The normalized spacial score (nSPS) is 19.9. The van der Waals surface area contributed by atoms with Gasteiger partial charge in [-0.25, -0.2) is 4.79 Å². The van der Waals surface area contributed by atoms with E-state index in [1.807, 2.05) is 56.9 Å². The summed E-state index contributed by atoms with van der Waals surface area (Å²) in [6.45, 7) is 8.55. The van der Waals surface area contributed by atoms with Crippen LogP contribution in [0.3, 0.4) is 0 Å². The van der Waals surface area contributed by atoms with Crippen LogP contribution in [0.4, 0.5) is 4.79 Å². The van der Waals surface area contributed by atoms with Gasteiger partial charge >= 0.3 is 6.03 Å². The van der Waals surface area contributed by atoms with Gasteiger partial charge in [-0.15, -0.1) is 0 Å². The van der Waals surface area contributed by atoms with Gasteiger partial charge in [0, 0.05) is 6.54 Å². The number of nitrogens with zero attached hydrogens (tertiary/aromatic N) is 2. The molecule has 1 saturated heterocycles. The fourth-order valence-corrected chi connectivity index (χ4v) is 4.12. The van der Waals surface area contributed by atoms with Crippen molar-refractivity contribution in [3.05, 3.63) is 35.9 Å². The van der Waals surface area contributed by atoms with Crippen molar-refractivity contribution in [3.63, 3.8) is 0 Å². The highest BCUT2D eigenvalue weighted by molar-refractivity contribution is 6.78. The van der Waals surface area contributed by atoms with Gasteiger partial charge < -0.3 is 4.90 Å². The third-order valence-electron chi connectivity index (χ3n) is 3.57. The van der Waals surface area contributed by atoms with Crippen LogP contribution in [0, 0.1) is 0 Å². The molecule has 0 spiro atoms. The maximum Gasteiger partial charge on any atom is 0.319 e. The van der Waals surface area contributed by atoms with Crippen molar-refractivity contribution in [3.8, 4) is 0 Å². The lowest BCUT2D eigenvalue weighted by Gasteiger charge is -2.27. The smallest absolute Gasteiger partial charge is 0.309 e. The summed E-state index contributed by atoms with van der Waals surface area (Å²) in [5.41, 5.74) is 1.06. The quantitative estimate of drug-likeness (QED) is 0.631. The minimum absolute atomic E-state index is 0.0207. The van der Waals surface area contributed by atoms with Gasteiger partial charge in [0.1, 0.15) is 6.04 Å². The molecule has 4 nitrogen and oxygen atoms in total. The molecule has 1 fully saturated rings. The molecule has 1 aromatic carbocycles. The van der Waals surface area contributed by atoms with Crippen molar-refractivity contribution < 1.29 is 9.59 Å². The van der Waals surface area contributed by atoms with Gasteiger partial charge in [0.05, 0.1) is 0 Å². The van der Waals surface area contributed by atoms with E-state index in [-0.39, 0.29) is 18.0 Å². The number of benzene rings is 1. The zero-order valence-corrected chi connectivity index (χ0v) is 13.6. The summed E-state index contributed by atoms with van der Waals surface area (Å²) in [5.74, 6) is -0.0207. The van der Waals surface area contributed by atoms with Crippen LogP contribution in [-0.2, 0) is 11.3 Å². The molecular weight excluding hydrogens is 268 g/mol. The first-order valence-electron chi connectivity index (χ1n) is 7.05. The van der Waals surface area contributed by atoms with Gasteiger partial charge in [-0.3, -0.25) is 9.36 Å². The van der Waals surface area contributed by atoms with E-state index in [9.17, 15) is 9.59 Å². The number of carbonyl (C=O) groups excluding carboxylic acids is 2. The lowest BCUT2D eigenvalue weighted by atomic mass is 10.1. The molecule has 0 saturated carbocycles. The van der Waals surface area contributed by atoms with E-state index in [1.54, 1.807) is 4.90 Å². The number of amides is 3. The van der Waals surface area contributed by atoms with Gasteiger partial charge in [0.15, 0.2) is 8.24 Å². The Kier molecular flexibility index (Phi) is 3.99. The topological polar surface area (TPSA) is 40.6 Å². The standard InChI is InChI=1S/C15H22N2O2Si/c1-5-13-14(18)17(20(2,3)4)15(19)16(13)11-12-9-7-6-8-10-12/h6-10,13H,5,11H2,1-4H3. The molecule has 1 aromatic rings. The molecule has 2 rings (SSSR count). The van der Waals surface area contributed by atoms with E-state index in [4.69, 9.17) is 0 Å². The molecular formula is C15H22N2O2Si. The summed E-state index contributed by atoms with van der Waals surface area (Å²) in [5, 5.41) is 0. The third-order valence-corrected chi connectivity index (χ3v) is 5.33. The molecule has 1 aliphatic rings. The average Bonchev–Trinajstić information content (AvgIpc) is 2.61. The Labute approximate surface area is 121 Å². The zero-order valence-electron chi connectivity index (χ0n) is 12.6. The maximum absolute atomic E-state index is 12.6. The van der Waals surface area contributed by atoms with Gasteiger partial charge in [-0.05, 0) is 12.0 Å².